The van der Waals surface area contributed by atoms with Gasteiger partial charge in [-0.1, -0.05) is 141 Å². The molecule has 36 heavy (non-hydrogen) atoms. The minimum absolute atomic E-state index is 0.109. The van der Waals surface area contributed by atoms with Crippen LogP contribution in [0.4, 0.5) is 0 Å². The summed E-state index contributed by atoms with van der Waals surface area (Å²) in [6.07, 6.45) is 24.0. The van der Waals surface area contributed by atoms with Gasteiger partial charge in [-0.2, -0.15) is 0 Å². The number of unbranched alkanes of at least 4 members (excludes halogenated alkanes) is 17. The summed E-state index contributed by atoms with van der Waals surface area (Å²) < 4.78 is 11.7. The highest BCUT2D eigenvalue weighted by Crippen LogP contribution is 2.18. The maximum atomic E-state index is 12.3. The lowest BCUT2D eigenvalue weighted by Crippen LogP contribution is -2.36. The Morgan fingerprint density at radius 2 is 1.06 bits per heavy atom. The third kappa shape index (κ3) is 20.3. The van der Waals surface area contributed by atoms with E-state index in [1.165, 1.54) is 103 Å². The second kappa shape index (κ2) is 25.8. The van der Waals surface area contributed by atoms with Crippen LogP contribution in [0.15, 0.2) is 0 Å². The van der Waals surface area contributed by atoms with Gasteiger partial charge in [-0.15, -0.1) is 0 Å². The zero-order valence-electron chi connectivity index (χ0n) is 23.6. The molecule has 0 aromatic heterocycles. The van der Waals surface area contributed by atoms with Crippen LogP contribution in [0.1, 0.15) is 143 Å². The Labute approximate surface area is 233 Å². The maximum absolute atomic E-state index is 12.3. The van der Waals surface area contributed by atoms with Gasteiger partial charge in [0, 0.05) is 6.54 Å². The number of ether oxygens (including phenoxy) is 2. The van der Waals surface area contributed by atoms with Crippen LogP contribution in [0.3, 0.4) is 0 Å². The molecule has 0 aliphatic heterocycles. The molecule has 0 N–H and O–H groups in total. The number of rotatable bonds is 25. The summed E-state index contributed by atoms with van der Waals surface area (Å²) in [7, 11) is 0. The third-order valence-corrected chi connectivity index (χ3v) is 7.58. The third-order valence-electron chi connectivity index (χ3n) is 6.52. The molecule has 0 rings (SSSR count). The molecule has 0 bridgehead atoms. The van der Waals surface area contributed by atoms with E-state index in [1.807, 2.05) is 0 Å². The number of esters is 2. The van der Waals surface area contributed by atoms with Crippen LogP contribution in [-0.2, 0) is 19.1 Å². The van der Waals surface area contributed by atoms with Gasteiger partial charge < -0.3 is 13.8 Å². The number of nitrogens with zero attached hydrogens (tertiary/aromatic N) is 1. The van der Waals surface area contributed by atoms with Crippen molar-refractivity contribution in [1.82, 2.24) is 4.31 Å². The van der Waals surface area contributed by atoms with Crippen molar-refractivity contribution in [3.63, 3.8) is 0 Å². The van der Waals surface area contributed by atoms with Gasteiger partial charge in [0.25, 0.3) is 0 Å². The van der Waals surface area contributed by atoms with E-state index in [4.69, 9.17) is 21.7 Å². The van der Waals surface area contributed by atoms with Gasteiger partial charge in [0.2, 0.25) is 0 Å². The van der Waals surface area contributed by atoms with Gasteiger partial charge in [-0.3, -0.25) is 9.59 Å². The van der Waals surface area contributed by atoms with Crippen LogP contribution in [0, 0.1) is 5.92 Å². The summed E-state index contributed by atoms with van der Waals surface area (Å²) in [6.45, 7) is 6.91. The Bertz CT molecular complexity index is 559. The summed E-state index contributed by atoms with van der Waals surface area (Å²) in [6, 6.07) is 0. The normalized spacial score (nSPS) is 11.8. The lowest BCUT2D eigenvalue weighted by molar-refractivity contribution is -0.152. The number of hydrogen-bond acceptors (Lipinski definition) is 6. The Hall–Kier alpha value is -0.820. The van der Waals surface area contributed by atoms with E-state index in [-0.39, 0.29) is 19.6 Å². The van der Waals surface area contributed by atoms with Crippen molar-refractivity contribution in [2.45, 2.75) is 143 Å². The molecule has 0 amide bonds. The lowest BCUT2D eigenvalue weighted by Gasteiger charge is -2.24. The van der Waals surface area contributed by atoms with Crippen molar-refractivity contribution in [3.8, 4) is 0 Å². The fraction of sp³-hybridized carbons (Fsp3) is 0.897. The molecule has 0 spiro atoms. The molecule has 1 atom stereocenters. The van der Waals surface area contributed by atoms with Crippen LogP contribution >= 0.6 is 25.0 Å². The van der Waals surface area contributed by atoms with E-state index in [2.05, 4.69) is 19.7 Å². The average Bonchev–Trinajstić information content (AvgIpc) is 2.86. The molecule has 7 heteroatoms. The minimum atomic E-state index is -0.827. The first-order chi connectivity index (χ1) is 17.5. The van der Waals surface area contributed by atoms with Crippen LogP contribution in [-0.4, -0.2) is 41.0 Å². The largest absolute Gasteiger partial charge is 0.466 e. The summed E-state index contributed by atoms with van der Waals surface area (Å²) in [4.78, 5) is 24.5. The SMILES string of the molecule is CCCCCCCCCCCCCCCCCCCCN(S)C(=S)C(CC(=O)OCC)C(=O)OCC. The van der Waals surface area contributed by atoms with E-state index >= 15 is 0 Å². The van der Waals surface area contributed by atoms with Crippen LogP contribution in [0.5, 0.6) is 0 Å². The molecule has 0 saturated carbocycles. The predicted molar refractivity (Wildman–Crippen MR) is 158 cm³/mol. The Morgan fingerprint density at radius 1 is 0.667 bits per heavy atom. The molecule has 0 aromatic rings. The predicted octanol–water partition coefficient (Wildman–Crippen LogP) is 8.63. The molecule has 0 radical (unpaired) electrons. The number of carbonyl (C=O) groups is 2. The molecule has 0 fully saturated rings. The van der Waals surface area contributed by atoms with E-state index < -0.39 is 17.9 Å². The Morgan fingerprint density at radius 3 is 1.44 bits per heavy atom. The van der Waals surface area contributed by atoms with Crippen molar-refractivity contribution < 1.29 is 19.1 Å². The summed E-state index contributed by atoms with van der Waals surface area (Å²) in [5, 5.41) is 0. The standard InChI is InChI=1S/C29H55NO4S2/c1-4-7-8-9-10-11-12-13-14-15-16-17-18-19-20-21-22-23-24-30(36)28(35)26(29(32)34-6-3)25-27(31)33-5-2/h26,36H,4-25H2,1-3H3. The molecule has 0 aliphatic carbocycles. The fourth-order valence-electron chi connectivity index (χ4n) is 4.35. The molecule has 0 saturated heterocycles. The quantitative estimate of drug-likeness (QED) is 0.0536. The van der Waals surface area contributed by atoms with E-state index in [0.717, 1.165) is 12.8 Å². The fourth-order valence-corrected chi connectivity index (χ4v) is 4.91. The second-order valence-electron chi connectivity index (χ2n) is 9.79. The summed E-state index contributed by atoms with van der Waals surface area (Å²) in [5.41, 5.74) is 0. The molecule has 0 heterocycles. The van der Waals surface area contributed by atoms with Crippen molar-refractivity contribution in [3.05, 3.63) is 0 Å². The van der Waals surface area contributed by atoms with E-state index in [9.17, 15) is 9.59 Å². The van der Waals surface area contributed by atoms with Gasteiger partial charge >= 0.3 is 11.9 Å². The molecular formula is C29H55NO4S2. The molecule has 0 aromatic carbocycles. The van der Waals surface area contributed by atoms with Gasteiger partial charge in [0.15, 0.2) is 0 Å². The highest BCUT2D eigenvalue weighted by molar-refractivity contribution is 7.84. The zero-order valence-corrected chi connectivity index (χ0v) is 25.3. The monoisotopic (exact) mass is 545 g/mol. The average molecular weight is 546 g/mol. The molecule has 212 valence electrons. The highest BCUT2D eigenvalue weighted by atomic mass is 32.1. The van der Waals surface area contributed by atoms with Gasteiger partial charge in [0.1, 0.15) is 10.9 Å². The number of thiol groups is 1. The van der Waals surface area contributed by atoms with Crippen LogP contribution in [0.25, 0.3) is 0 Å². The zero-order chi connectivity index (χ0) is 26.9. The summed E-state index contributed by atoms with van der Waals surface area (Å²) >= 11 is 9.92. The van der Waals surface area contributed by atoms with Gasteiger partial charge in [-0.05, 0) is 20.3 Å². The number of thiocarbonyl (C=S) groups is 1. The first kappa shape index (κ1) is 35.2. The number of hydrogen-bond donors (Lipinski definition) is 1. The van der Waals surface area contributed by atoms with Crippen LogP contribution in [0.2, 0.25) is 0 Å². The Kier molecular flexibility index (Phi) is 25.2. The van der Waals surface area contributed by atoms with Crippen LogP contribution < -0.4 is 0 Å². The number of carbonyl (C=O) groups excluding carboxylic acids is 2. The molecule has 5 nitrogen and oxygen atoms in total. The van der Waals surface area contributed by atoms with Gasteiger partial charge in [0.05, 0.1) is 19.6 Å². The van der Waals surface area contributed by atoms with Crippen molar-refractivity contribution >= 4 is 42.0 Å². The second-order valence-corrected chi connectivity index (χ2v) is 10.7. The highest BCUT2D eigenvalue weighted by Gasteiger charge is 2.30. The minimum Gasteiger partial charge on any atom is -0.466 e. The lowest BCUT2D eigenvalue weighted by atomic mass is 10.0. The molecule has 0 aliphatic rings. The smallest absolute Gasteiger partial charge is 0.316 e. The first-order valence-corrected chi connectivity index (χ1v) is 15.6. The van der Waals surface area contributed by atoms with E-state index in [0.29, 0.717) is 11.5 Å². The van der Waals surface area contributed by atoms with Crippen molar-refractivity contribution in [2.24, 2.45) is 5.92 Å². The molecular weight excluding hydrogens is 490 g/mol. The topological polar surface area (TPSA) is 55.8 Å². The van der Waals surface area contributed by atoms with E-state index in [1.54, 1.807) is 18.2 Å². The summed E-state index contributed by atoms with van der Waals surface area (Å²) in [5.74, 6) is -1.77. The van der Waals surface area contributed by atoms with Crippen molar-refractivity contribution in [1.29, 1.82) is 0 Å². The Balaban J connectivity index is 3.75. The van der Waals surface area contributed by atoms with Gasteiger partial charge in [-0.25, -0.2) is 0 Å². The first-order valence-electron chi connectivity index (χ1n) is 14.8. The maximum Gasteiger partial charge on any atom is 0.316 e. The van der Waals surface area contributed by atoms with Crippen molar-refractivity contribution in [2.75, 3.05) is 19.8 Å². The molecule has 1 unspecified atom stereocenters.